The van der Waals surface area contributed by atoms with Crippen molar-refractivity contribution in [3.05, 3.63) is 54.2 Å². The molecule has 1 N–H and O–H groups in total. The summed E-state index contributed by atoms with van der Waals surface area (Å²) in [7, 11) is 1.53. The van der Waals surface area contributed by atoms with E-state index in [0.29, 0.717) is 17.1 Å². The van der Waals surface area contributed by atoms with Gasteiger partial charge in [-0.3, -0.25) is 4.79 Å². The number of rotatable bonds is 3. The Bertz CT molecular complexity index is 524. The Morgan fingerprint density at radius 3 is 2.30 bits per heavy atom. The number of pyridine rings is 1. The monoisotopic (exact) mass is 336 g/mol. The summed E-state index contributed by atoms with van der Waals surface area (Å²) >= 11 is 0. The number of methoxy groups -OCH3 is 1. The van der Waals surface area contributed by atoms with Crippen molar-refractivity contribution in [2.75, 3.05) is 12.4 Å². The zero-order valence-corrected chi connectivity index (χ0v) is 13.1. The summed E-state index contributed by atoms with van der Waals surface area (Å²) in [6.45, 7) is 0. The average Bonchev–Trinajstić information content (AvgIpc) is 2.40. The van der Waals surface area contributed by atoms with E-state index in [-0.39, 0.29) is 43.1 Å². The minimum atomic E-state index is -0.235. The van der Waals surface area contributed by atoms with Gasteiger partial charge < -0.3 is 10.1 Å². The minimum absolute atomic E-state index is 0. The van der Waals surface area contributed by atoms with Crippen LogP contribution in [0, 0.1) is 0 Å². The number of halogens is 3. The highest BCUT2D eigenvalue weighted by Crippen LogP contribution is 2.18. The number of nitrogens with zero attached hydrogens (tertiary/aromatic N) is 1. The summed E-state index contributed by atoms with van der Waals surface area (Å²) in [5.74, 6) is 0.825. The first-order chi connectivity index (χ1) is 8.31. The maximum absolute atomic E-state index is 12.0. The van der Waals surface area contributed by atoms with E-state index >= 15 is 0 Å². The zero-order chi connectivity index (χ0) is 12.1. The van der Waals surface area contributed by atoms with E-state index in [1.54, 1.807) is 36.5 Å². The molecule has 1 aromatic heterocycles. The van der Waals surface area contributed by atoms with Crippen LogP contribution in [0.4, 0.5) is 5.82 Å². The summed E-state index contributed by atoms with van der Waals surface area (Å²) in [6.07, 6.45) is 1.62. The standard InChI is InChI=1S/C13H12N2O2.3ClH/c1-17-11-7-3-2-6-10(11)13(16)15-12-8-4-5-9-14-12;;;/h2-9H,1H3,(H,14,15,16);3*1H. The normalized spacial score (nSPS) is 8.25. The van der Waals surface area contributed by atoms with E-state index in [9.17, 15) is 4.79 Å². The van der Waals surface area contributed by atoms with Crippen LogP contribution in [0.3, 0.4) is 0 Å². The van der Waals surface area contributed by atoms with E-state index in [0.717, 1.165) is 0 Å². The molecule has 2 aromatic rings. The molecule has 0 aliphatic carbocycles. The van der Waals surface area contributed by atoms with Gasteiger partial charge in [-0.25, -0.2) is 4.98 Å². The van der Waals surface area contributed by atoms with Crippen molar-refractivity contribution in [1.29, 1.82) is 0 Å². The van der Waals surface area contributed by atoms with Crippen LogP contribution in [-0.2, 0) is 0 Å². The third kappa shape index (κ3) is 5.25. The van der Waals surface area contributed by atoms with Crippen LogP contribution in [0.2, 0.25) is 0 Å². The predicted octanol–water partition coefficient (Wildman–Crippen LogP) is 3.61. The number of para-hydroxylation sites is 1. The van der Waals surface area contributed by atoms with E-state index in [1.165, 1.54) is 7.11 Å². The van der Waals surface area contributed by atoms with Crippen LogP contribution in [0.25, 0.3) is 0 Å². The lowest BCUT2D eigenvalue weighted by Gasteiger charge is -2.08. The van der Waals surface area contributed by atoms with Crippen molar-refractivity contribution in [1.82, 2.24) is 4.98 Å². The SMILES string of the molecule is COc1ccccc1C(=O)Nc1ccccn1.Cl.Cl.Cl. The Balaban J connectivity index is 0. The summed E-state index contributed by atoms with van der Waals surface area (Å²) < 4.78 is 5.12. The number of nitrogens with one attached hydrogen (secondary N) is 1. The van der Waals surface area contributed by atoms with Gasteiger partial charge in [-0.2, -0.15) is 0 Å². The second-order valence-electron chi connectivity index (χ2n) is 3.37. The molecule has 1 amide bonds. The molecule has 0 atom stereocenters. The Morgan fingerprint density at radius 2 is 1.70 bits per heavy atom. The first-order valence-corrected chi connectivity index (χ1v) is 5.16. The van der Waals surface area contributed by atoms with Gasteiger partial charge in [0, 0.05) is 6.20 Å². The first-order valence-electron chi connectivity index (χ1n) is 5.16. The molecular weight excluding hydrogens is 323 g/mol. The Kier molecular flexibility index (Phi) is 10.7. The van der Waals surface area contributed by atoms with Gasteiger partial charge in [0.25, 0.3) is 5.91 Å². The van der Waals surface area contributed by atoms with Crippen molar-refractivity contribution in [2.24, 2.45) is 0 Å². The Morgan fingerprint density at radius 1 is 1.05 bits per heavy atom. The molecule has 0 fully saturated rings. The van der Waals surface area contributed by atoms with Gasteiger partial charge in [0.1, 0.15) is 11.6 Å². The van der Waals surface area contributed by atoms with Gasteiger partial charge in [-0.1, -0.05) is 18.2 Å². The maximum Gasteiger partial charge on any atom is 0.260 e. The van der Waals surface area contributed by atoms with Crippen molar-refractivity contribution >= 4 is 48.9 Å². The zero-order valence-electron chi connectivity index (χ0n) is 10.6. The van der Waals surface area contributed by atoms with Gasteiger partial charge in [-0.05, 0) is 24.3 Å². The number of hydrogen-bond donors (Lipinski definition) is 1. The highest BCUT2D eigenvalue weighted by atomic mass is 35.5. The van der Waals surface area contributed by atoms with Crippen molar-refractivity contribution in [3.63, 3.8) is 0 Å². The van der Waals surface area contributed by atoms with Crippen molar-refractivity contribution in [3.8, 4) is 5.75 Å². The van der Waals surface area contributed by atoms with Crippen LogP contribution in [0.1, 0.15) is 10.4 Å². The number of amides is 1. The summed E-state index contributed by atoms with van der Waals surface area (Å²) in [5, 5.41) is 2.70. The summed E-state index contributed by atoms with van der Waals surface area (Å²) in [6, 6.07) is 12.4. The minimum Gasteiger partial charge on any atom is -0.496 e. The highest BCUT2D eigenvalue weighted by Gasteiger charge is 2.11. The van der Waals surface area contributed by atoms with Crippen LogP contribution in [0.5, 0.6) is 5.75 Å². The molecule has 0 unspecified atom stereocenters. The third-order valence-corrected chi connectivity index (χ3v) is 2.26. The number of carbonyl (C=O) groups excluding carboxylic acids is 1. The summed E-state index contributed by atoms with van der Waals surface area (Å²) in [5.41, 5.74) is 0.487. The van der Waals surface area contributed by atoms with Crippen LogP contribution >= 0.6 is 37.2 Å². The van der Waals surface area contributed by atoms with Crippen molar-refractivity contribution < 1.29 is 9.53 Å². The van der Waals surface area contributed by atoms with E-state index in [1.807, 2.05) is 12.1 Å². The Hall–Kier alpha value is -1.49. The smallest absolute Gasteiger partial charge is 0.260 e. The molecule has 7 heteroatoms. The quantitative estimate of drug-likeness (QED) is 0.931. The molecule has 4 nitrogen and oxygen atoms in total. The Labute approximate surface area is 136 Å². The molecule has 0 saturated carbocycles. The lowest BCUT2D eigenvalue weighted by molar-refractivity contribution is 0.102. The lowest BCUT2D eigenvalue weighted by atomic mass is 10.2. The van der Waals surface area contributed by atoms with Crippen molar-refractivity contribution in [2.45, 2.75) is 0 Å². The fourth-order valence-electron chi connectivity index (χ4n) is 1.45. The molecule has 0 spiro atoms. The second kappa shape index (κ2) is 10.3. The van der Waals surface area contributed by atoms with E-state index < -0.39 is 0 Å². The molecule has 1 aromatic carbocycles. The van der Waals surface area contributed by atoms with Gasteiger partial charge >= 0.3 is 0 Å². The fraction of sp³-hybridized carbons (Fsp3) is 0.0769. The largest absolute Gasteiger partial charge is 0.496 e. The molecule has 20 heavy (non-hydrogen) atoms. The molecule has 2 rings (SSSR count). The van der Waals surface area contributed by atoms with Gasteiger partial charge in [0.05, 0.1) is 12.7 Å². The van der Waals surface area contributed by atoms with Crippen LogP contribution in [-0.4, -0.2) is 18.0 Å². The number of anilines is 1. The molecule has 0 saturated heterocycles. The molecule has 0 aliphatic rings. The lowest BCUT2D eigenvalue weighted by Crippen LogP contribution is -2.13. The fourth-order valence-corrected chi connectivity index (χ4v) is 1.45. The maximum atomic E-state index is 12.0. The molecule has 1 heterocycles. The van der Waals surface area contributed by atoms with Gasteiger partial charge in [0.15, 0.2) is 0 Å². The number of ether oxygens (including phenoxy) is 1. The van der Waals surface area contributed by atoms with E-state index in [4.69, 9.17) is 4.74 Å². The number of hydrogen-bond acceptors (Lipinski definition) is 3. The second-order valence-corrected chi connectivity index (χ2v) is 3.37. The molecular formula is C13H15Cl3N2O2. The van der Waals surface area contributed by atoms with Crippen LogP contribution < -0.4 is 10.1 Å². The van der Waals surface area contributed by atoms with Crippen LogP contribution in [0.15, 0.2) is 48.7 Å². The molecule has 0 radical (unpaired) electrons. The number of aromatic nitrogens is 1. The average molecular weight is 338 g/mol. The molecule has 0 aliphatic heterocycles. The topological polar surface area (TPSA) is 51.2 Å². The van der Waals surface area contributed by atoms with E-state index in [2.05, 4.69) is 10.3 Å². The molecule has 110 valence electrons. The highest BCUT2D eigenvalue weighted by molar-refractivity contribution is 6.05. The first kappa shape index (κ1) is 20.8. The number of carbonyl (C=O) groups is 1. The predicted molar refractivity (Wildman–Crippen MR) is 86.9 cm³/mol. The van der Waals surface area contributed by atoms with Gasteiger partial charge in [-0.15, -0.1) is 37.2 Å². The third-order valence-electron chi connectivity index (χ3n) is 2.26. The number of benzene rings is 1. The van der Waals surface area contributed by atoms with Gasteiger partial charge in [0.2, 0.25) is 0 Å². The summed E-state index contributed by atoms with van der Waals surface area (Å²) in [4.78, 5) is 16.0. The molecule has 0 bridgehead atoms.